The molecule has 0 aliphatic carbocycles. The molecule has 158 valence electrons. The molecule has 0 radical (unpaired) electrons. The summed E-state index contributed by atoms with van der Waals surface area (Å²) >= 11 is 0. The smallest absolute Gasteiger partial charge is 0.227 e. The van der Waals surface area contributed by atoms with E-state index in [2.05, 4.69) is 11.4 Å². The first-order valence-electron chi connectivity index (χ1n) is 10.7. The Kier molecular flexibility index (Phi) is 5.20. The van der Waals surface area contributed by atoms with Gasteiger partial charge in [-0.15, -0.1) is 0 Å². The van der Waals surface area contributed by atoms with Gasteiger partial charge in [0.1, 0.15) is 5.82 Å². The van der Waals surface area contributed by atoms with Gasteiger partial charge in [0.2, 0.25) is 5.91 Å². The highest BCUT2D eigenvalue weighted by atomic mass is 19.1. The van der Waals surface area contributed by atoms with Gasteiger partial charge in [-0.1, -0.05) is 48.5 Å². The summed E-state index contributed by atoms with van der Waals surface area (Å²) in [7, 11) is 0. The van der Waals surface area contributed by atoms with Crippen LogP contribution in [0.25, 0.3) is 11.1 Å². The number of amides is 1. The van der Waals surface area contributed by atoms with Gasteiger partial charge in [-0.25, -0.2) is 4.39 Å². The molecule has 0 bridgehead atoms. The molecule has 0 saturated carbocycles. The molecule has 31 heavy (non-hydrogen) atoms. The summed E-state index contributed by atoms with van der Waals surface area (Å²) in [5.74, 6) is -0.0357. The second-order valence-electron chi connectivity index (χ2n) is 8.39. The molecule has 5 rings (SSSR count). The van der Waals surface area contributed by atoms with Crippen molar-refractivity contribution in [1.82, 2.24) is 4.90 Å². The zero-order chi connectivity index (χ0) is 21.4. The van der Waals surface area contributed by atoms with E-state index in [4.69, 9.17) is 0 Å². The van der Waals surface area contributed by atoms with Crippen LogP contribution in [0, 0.1) is 11.7 Å². The van der Waals surface area contributed by atoms with Crippen molar-refractivity contribution in [3.05, 3.63) is 89.7 Å². The van der Waals surface area contributed by atoms with Gasteiger partial charge in [0.25, 0.3) is 0 Å². The summed E-state index contributed by atoms with van der Waals surface area (Å²) < 4.78 is 13.8. The van der Waals surface area contributed by atoms with Gasteiger partial charge in [0.05, 0.1) is 25.1 Å². The van der Waals surface area contributed by atoms with Crippen molar-refractivity contribution in [2.24, 2.45) is 5.92 Å². The number of aliphatic hydroxyl groups excluding tert-OH is 1. The third-order valence-electron chi connectivity index (χ3n) is 6.55. The summed E-state index contributed by atoms with van der Waals surface area (Å²) in [5.41, 5.74) is 4.69. The van der Waals surface area contributed by atoms with Gasteiger partial charge in [-0.3, -0.25) is 4.79 Å². The van der Waals surface area contributed by atoms with E-state index in [0.29, 0.717) is 13.0 Å². The van der Waals surface area contributed by atoms with Gasteiger partial charge in [-0.2, -0.15) is 0 Å². The fourth-order valence-electron chi connectivity index (χ4n) is 5.06. The number of carbonyl (C=O) groups excluding carboxylic acids is 1. The maximum Gasteiger partial charge on any atom is 0.227 e. The fourth-order valence-corrected chi connectivity index (χ4v) is 5.06. The van der Waals surface area contributed by atoms with Crippen LogP contribution >= 0.6 is 0 Å². The minimum atomic E-state index is -0.271. The second kappa shape index (κ2) is 8.16. The average molecular weight is 416 g/mol. The SMILES string of the molecule is O=C(Cc1ccccc1)N1CC[C@@H]2[C@@H](CO)Nc3ccc(-c4cccc(F)c4)cc3[C@@H]21. The van der Waals surface area contributed by atoms with Crippen LogP contribution < -0.4 is 5.32 Å². The van der Waals surface area contributed by atoms with Crippen LogP contribution in [-0.2, 0) is 11.2 Å². The highest BCUT2D eigenvalue weighted by molar-refractivity contribution is 5.81. The number of carbonyl (C=O) groups is 1. The van der Waals surface area contributed by atoms with Crippen LogP contribution in [0.3, 0.4) is 0 Å². The van der Waals surface area contributed by atoms with Gasteiger partial charge >= 0.3 is 0 Å². The molecule has 0 unspecified atom stereocenters. The van der Waals surface area contributed by atoms with Crippen LogP contribution in [-0.4, -0.2) is 35.1 Å². The Bertz CT molecular complexity index is 1100. The van der Waals surface area contributed by atoms with Crippen molar-refractivity contribution in [3.8, 4) is 11.1 Å². The van der Waals surface area contributed by atoms with Crippen LogP contribution in [0.4, 0.5) is 10.1 Å². The van der Waals surface area contributed by atoms with Gasteiger partial charge in [-0.05, 0) is 52.9 Å². The third-order valence-corrected chi connectivity index (χ3v) is 6.55. The first kappa shape index (κ1) is 19.8. The standard InChI is InChI=1S/C26H25FN2O2/c27-20-8-4-7-18(14-20)19-9-10-23-22(15-19)26-21(24(16-30)28-23)11-12-29(26)25(31)13-17-5-2-1-3-6-17/h1-10,14-15,21,24,26,28,30H,11-13,16H2/t21-,24-,26-/m1/s1. The zero-order valence-corrected chi connectivity index (χ0v) is 17.2. The summed E-state index contributed by atoms with van der Waals surface area (Å²) in [6.45, 7) is 0.690. The molecule has 2 aliphatic heterocycles. The number of fused-ring (bicyclic) bond motifs is 3. The molecule has 0 spiro atoms. The number of aliphatic hydroxyl groups is 1. The lowest BCUT2D eigenvalue weighted by Gasteiger charge is -2.39. The van der Waals surface area contributed by atoms with Gasteiger partial charge < -0.3 is 15.3 Å². The monoisotopic (exact) mass is 416 g/mol. The molecule has 4 nitrogen and oxygen atoms in total. The van der Waals surface area contributed by atoms with Crippen molar-refractivity contribution < 1.29 is 14.3 Å². The van der Waals surface area contributed by atoms with E-state index in [0.717, 1.165) is 34.4 Å². The first-order chi connectivity index (χ1) is 15.1. The van der Waals surface area contributed by atoms with E-state index in [9.17, 15) is 14.3 Å². The van der Waals surface area contributed by atoms with Crippen LogP contribution in [0.15, 0.2) is 72.8 Å². The van der Waals surface area contributed by atoms with Crippen molar-refractivity contribution >= 4 is 11.6 Å². The Labute approximate surface area is 181 Å². The Balaban J connectivity index is 1.52. The highest BCUT2D eigenvalue weighted by Crippen LogP contribution is 2.47. The number of anilines is 1. The molecule has 3 aromatic rings. The lowest BCUT2D eigenvalue weighted by molar-refractivity contribution is -0.131. The molecule has 0 aromatic heterocycles. The number of hydrogen-bond donors (Lipinski definition) is 2. The number of nitrogens with one attached hydrogen (secondary N) is 1. The number of benzene rings is 3. The number of nitrogens with zero attached hydrogens (tertiary/aromatic N) is 1. The number of likely N-dealkylation sites (tertiary alicyclic amines) is 1. The second-order valence-corrected chi connectivity index (χ2v) is 8.39. The molecule has 3 atom stereocenters. The minimum absolute atomic E-state index is 0.0208. The predicted molar refractivity (Wildman–Crippen MR) is 119 cm³/mol. The minimum Gasteiger partial charge on any atom is -0.394 e. The topological polar surface area (TPSA) is 52.6 Å². The van der Waals surface area contributed by atoms with E-state index in [1.165, 1.54) is 12.1 Å². The molecular formula is C26H25FN2O2. The molecule has 1 amide bonds. The van der Waals surface area contributed by atoms with E-state index < -0.39 is 0 Å². The summed E-state index contributed by atoms with van der Waals surface area (Å²) in [5, 5.41) is 13.4. The predicted octanol–water partition coefficient (Wildman–Crippen LogP) is 4.41. The van der Waals surface area contributed by atoms with Crippen molar-refractivity contribution in [2.75, 3.05) is 18.5 Å². The molecule has 2 heterocycles. The van der Waals surface area contributed by atoms with Gasteiger partial charge in [0, 0.05) is 18.2 Å². The van der Waals surface area contributed by atoms with Crippen LogP contribution in [0.2, 0.25) is 0 Å². The third kappa shape index (κ3) is 3.70. The lowest BCUT2D eigenvalue weighted by atomic mass is 9.82. The quantitative estimate of drug-likeness (QED) is 0.662. The number of rotatable bonds is 4. The molecule has 2 N–H and O–H groups in total. The van der Waals surface area contributed by atoms with E-state index in [1.54, 1.807) is 6.07 Å². The van der Waals surface area contributed by atoms with Crippen LogP contribution in [0.1, 0.15) is 23.6 Å². The zero-order valence-electron chi connectivity index (χ0n) is 17.2. The van der Waals surface area contributed by atoms with E-state index >= 15 is 0 Å². The normalized spacial score (nSPS) is 21.9. The Morgan fingerprint density at radius 1 is 1.03 bits per heavy atom. The Morgan fingerprint density at radius 3 is 2.61 bits per heavy atom. The molecule has 1 fully saturated rings. The first-order valence-corrected chi connectivity index (χ1v) is 10.7. The molecular weight excluding hydrogens is 391 g/mol. The maximum absolute atomic E-state index is 13.8. The fraction of sp³-hybridized carbons (Fsp3) is 0.269. The molecule has 2 aliphatic rings. The van der Waals surface area contributed by atoms with Crippen molar-refractivity contribution in [1.29, 1.82) is 0 Å². The summed E-state index contributed by atoms with van der Waals surface area (Å²) in [6.07, 6.45) is 1.20. The largest absolute Gasteiger partial charge is 0.394 e. The lowest BCUT2D eigenvalue weighted by Crippen LogP contribution is -2.43. The van der Waals surface area contributed by atoms with Gasteiger partial charge in [0.15, 0.2) is 0 Å². The van der Waals surface area contributed by atoms with Crippen molar-refractivity contribution in [2.45, 2.75) is 24.9 Å². The number of halogens is 1. The average Bonchev–Trinajstić information content (AvgIpc) is 3.25. The molecule has 5 heteroatoms. The van der Waals surface area contributed by atoms with Crippen molar-refractivity contribution in [3.63, 3.8) is 0 Å². The molecule has 1 saturated heterocycles. The number of hydrogen-bond acceptors (Lipinski definition) is 3. The Hall–Kier alpha value is -3.18. The van der Waals surface area contributed by atoms with E-state index in [-0.39, 0.29) is 36.3 Å². The molecule has 3 aromatic carbocycles. The van der Waals surface area contributed by atoms with Crippen LogP contribution in [0.5, 0.6) is 0 Å². The van der Waals surface area contributed by atoms with E-state index in [1.807, 2.05) is 53.4 Å². The Morgan fingerprint density at radius 2 is 1.84 bits per heavy atom. The summed E-state index contributed by atoms with van der Waals surface area (Å²) in [6, 6.07) is 22.2. The maximum atomic E-state index is 13.8. The highest BCUT2D eigenvalue weighted by Gasteiger charge is 2.45. The summed E-state index contributed by atoms with van der Waals surface area (Å²) in [4.78, 5) is 15.2.